The Morgan fingerprint density at radius 3 is 1.30 bits per heavy atom. The van der Waals surface area contributed by atoms with E-state index in [1.165, 1.54) is 226 Å². The number of hydrazine groups is 1. The van der Waals surface area contributed by atoms with Crippen LogP contribution in [-0.4, -0.2) is 183 Å². The van der Waals surface area contributed by atoms with Crippen molar-refractivity contribution in [2.75, 3.05) is 111 Å². The van der Waals surface area contributed by atoms with E-state index in [1.807, 2.05) is 26.1 Å². The van der Waals surface area contributed by atoms with Gasteiger partial charge in [-0.3, -0.25) is 5.84 Å². The number of nitrogens with zero attached hydrogens (tertiary/aromatic N) is 7. The van der Waals surface area contributed by atoms with Gasteiger partial charge in [0.1, 0.15) is 0 Å². The summed E-state index contributed by atoms with van der Waals surface area (Å²) in [6, 6.07) is 6.43. The van der Waals surface area contributed by atoms with E-state index < -0.39 is 49.9 Å². The molecule has 0 aliphatic heterocycles. The zero-order valence-electron chi connectivity index (χ0n) is 63.6. The van der Waals surface area contributed by atoms with Crippen molar-refractivity contribution < 1.29 is 42.1 Å². The Morgan fingerprint density at radius 2 is 0.918 bits per heavy atom. The molecule has 4 unspecified atom stereocenters. The second kappa shape index (κ2) is 59.2. The molecule has 3 rings (SSSR count). The standard InChI is InChI=1S/C17H38N2O2S.C17H34N2O2S.C15H30N2O2S.C13H25N.C7H10N2O2S.C2H6ClNO2S/c2*1-6-8-9-10-11-14-17(7-2)15-12-13-16-19(5)22(20,21)18(3)4;1-16(2)20(18,19)17(3)14-10-9-13-15-11-7-5-4-6-8-12-15;1-14-12-8-7-11-13-9-5-3-2-4-6-10-13;1-6-2-4-7(5-3-6)12(10,11)9-8;1-4(2)7(3,5)6/h17H,6-16H2,1-5H3;6-7,17H,1-2,8-16H2,3-5H3;7,11,15H,4-6,8-10,12-14H2,1-3H3;5,9,13-14H,2-4,6-8,10-12H2,1H3;2-5,9H,8H2,1H3;1-2H3/b;;11-7-;9-5-;;. The van der Waals surface area contributed by atoms with Gasteiger partial charge in [0.15, 0.2) is 0 Å². The van der Waals surface area contributed by atoms with Crippen molar-refractivity contribution in [2.24, 2.45) is 29.5 Å². The number of nitrogens with two attached hydrogens (primary N) is 1. The maximum Gasteiger partial charge on any atom is 0.299 e. The van der Waals surface area contributed by atoms with Gasteiger partial charge in [0.25, 0.3) is 49.9 Å². The largest absolute Gasteiger partial charge is 0.320 e. The molecule has 0 saturated heterocycles. The summed E-state index contributed by atoms with van der Waals surface area (Å²) in [6.07, 6.45) is 56.2. The minimum Gasteiger partial charge on any atom is -0.320 e. The van der Waals surface area contributed by atoms with Crippen molar-refractivity contribution in [3.8, 4) is 0 Å². The zero-order valence-corrected chi connectivity index (χ0v) is 68.4. The number of unbranched alkanes of at least 4 members (excludes halogenated alkanes) is 11. The maximum atomic E-state index is 11.9. The minimum atomic E-state index is -3.49. The molecule has 0 amide bonds. The highest BCUT2D eigenvalue weighted by Crippen LogP contribution is 2.25. The molecule has 4 N–H and O–H groups in total. The van der Waals surface area contributed by atoms with E-state index in [0.29, 0.717) is 31.5 Å². The van der Waals surface area contributed by atoms with Crippen LogP contribution in [0.15, 0.2) is 78.8 Å². The van der Waals surface area contributed by atoms with Crippen molar-refractivity contribution in [3.63, 3.8) is 0 Å². The lowest BCUT2D eigenvalue weighted by Gasteiger charge is -2.21. The van der Waals surface area contributed by atoms with Gasteiger partial charge in [-0.05, 0) is 159 Å². The molecule has 574 valence electrons. The summed E-state index contributed by atoms with van der Waals surface area (Å²) in [5.41, 5.74) is 1.01. The van der Waals surface area contributed by atoms with Crippen LogP contribution in [0.25, 0.3) is 0 Å². The van der Waals surface area contributed by atoms with Crippen molar-refractivity contribution in [1.29, 1.82) is 0 Å². The highest BCUT2D eigenvalue weighted by atomic mass is 35.7. The number of sulfonamides is 1. The van der Waals surface area contributed by atoms with Crippen LogP contribution in [0.2, 0.25) is 0 Å². The summed E-state index contributed by atoms with van der Waals surface area (Å²) >= 11 is 0. The van der Waals surface area contributed by atoms with Gasteiger partial charge in [0.2, 0.25) is 0 Å². The van der Waals surface area contributed by atoms with Crippen LogP contribution in [0.4, 0.5) is 0 Å². The topological polar surface area (TPSA) is 243 Å². The molecule has 1 aromatic carbocycles. The van der Waals surface area contributed by atoms with Crippen molar-refractivity contribution in [3.05, 3.63) is 79.4 Å². The van der Waals surface area contributed by atoms with Crippen LogP contribution in [0.3, 0.4) is 0 Å². The van der Waals surface area contributed by atoms with Crippen molar-refractivity contribution >= 4 is 60.6 Å². The summed E-state index contributed by atoms with van der Waals surface area (Å²) in [7, 11) is 7.26. The first kappa shape index (κ1) is 99.0. The predicted molar refractivity (Wildman–Crippen MR) is 415 cm³/mol. The number of allylic oxidation sites excluding steroid dienone is 6. The Bertz CT molecular complexity index is 2740. The summed E-state index contributed by atoms with van der Waals surface area (Å²) in [6.45, 7) is 17.0. The van der Waals surface area contributed by atoms with E-state index >= 15 is 0 Å². The Hall–Kier alpha value is -2.18. The number of benzene rings is 1. The number of halogens is 1. The Balaban J connectivity index is -0.00000112. The highest BCUT2D eigenvalue weighted by Gasteiger charge is 2.22. The summed E-state index contributed by atoms with van der Waals surface area (Å²) in [5, 5.41) is 3.21. The second-order valence-electron chi connectivity index (χ2n) is 26.6. The highest BCUT2D eigenvalue weighted by molar-refractivity contribution is 8.11. The van der Waals surface area contributed by atoms with Crippen LogP contribution in [-0.2, 0) is 49.9 Å². The fourth-order valence-electron chi connectivity index (χ4n) is 10.7. The molecule has 0 fully saturated rings. The summed E-state index contributed by atoms with van der Waals surface area (Å²) in [4.78, 5) is 1.93. The van der Waals surface area contributed by atoms with E-state index in [1.54, 1.807) is 80.4 Å². The Labute approximate surface area is 602 Å². The first-order valence-electron chi connectivity index (χ1n) is 36.1. The quantitative estimate of drug-likeness (QED) is 0.0182. The molecular weight excluding hydrogens is 1350 g/mol. The molecule has 0 radical (unpaired) electrons. The van der Waals surface area contributed by atoms with Crippen LogP contribution in [0.5, 0.6) is 0 Å². The minimum absolute atomic E-state index is 0.176. The van der Waals surface area contributed by atoms with Gasteiger partial charge in [-0.2, -0.15) is 68.6 Å². The zero-order chi connectivity index (χ0) is 74.4. The van der Waals surface area contributed by atoms with Crippen LogP contribution in [0.1, 0.15) is 238 Å². The molecule has 0 bridgehead atoms. The second-order valence-corrected chi connectivity index (χ2v) is 37.8. The molecule has 2 aliphatic carbocycles. The fourth-order valence-corrected chi connectivity index (χ4v) is 14.1. The molecule has 97 heavy (non-hydrogen) atoms. The maximum absolute atomic E-state index is 11.9. The van der Waals surface area contributed by atoms with Gasteiger partial charge < -0.3 is 5.32 Å². The Morgan fingerprint density at radius 1 is 0.526 bits per heavy atom. The predicted octanol–water partition coefficient (Wildman–Crippen LogP) is 14.8. The average Bonchev–Trinajstić information content (AvgIpc) is 0.899. The third kappa shape index (κ3) is 51.6. The van der Waals surface area contributed by atoms with E-state index in [-0.39, 0.29) is 4.90 Å². The number of rotatable bonds is 43. The van der Waals surface area contributed by atoms with Crippen LogP contribution >= 0.6 is 10.7 Å². The number of aryl methyl sites for hydroxylation is 1. The molecular formula is C71H143ClN10O10S5. The SMILES string of the molecule is C=CCCCCCC(C=C)CCCCN(C)S(=O)(=O)N(C)C.CCCCCCCC(CC)CCCCN(C)S(=O)(=O)N(C)C.CN(C)S(=O)(=O)Cl.CN(C)S(=O)(=O)N(C)CCCCC1/C=C\CCCCC1.CNCCCCC1/C=C\CCCCC1.Cc1ccc(S(=O)(=O)NN)cc1. The monoisotopic (exact) mass is 1490 g/mol. The molecule has 0 heterocycles. The van der Waals surface area contributed by atoms with Gasteiger partial charge in [-0.15, -0.1) is 13.2 Å². The van der Waals surface area contributed by atoms with E-state index in [9.17, 15) is 42.1 Å². The van der Waals surface area contributed by atoms with Crippen LogP contribution < -0.4 is 16.0 Å². The van der Waals surface area contributed by atoms with Crippen molar-refractivity contribution in [1.82, 2.24) is 40.3 Å². The molecule has 2 aliphatic rings. The van der Waals surface area contributed by atoms with Crippen LogP contribution in [0, 0.1) is 30.6 Å². The lowest BCUT2D eigenvalue weighted by atomic mass is 9.92. The summed E-state index contributed by atoms with van der Waals surface area (Å²) < 4.78 is 122. The third-order valence-electron chi connectivity index (χ3n) is 17.5. The average molecular weight is 1490 g/mol. The number of nitrogens with one attached hydrogen (secondary N) is 2. The molecule has 26 heteroatoms. The van der Waals surface area contributed by atoms with Gasteiger partial charge in [-0.25, -0.2) is 8.42 Å². The number of hydrogen-bond acceptors (Lipinski definition) is 12. The molecule has 0 saturated carbocycles. The van der Waals surface area contributed by atoms with Gasteiger partial charge >= 0.3 is 0 Å². The molecule has 1 aromatic rings. The molecule has 0 spiro atoms. The van der Waals surface area contributed by atoms with Crippen molar-refractivity contribution in [2.45, 2.75) is 244 Å². The first-order chi connectivity index (χ1) is 45.6. The molecule has 20 nitrogen and oxygen atoms in total. The van der Waals surface area contributed by atoms with E-state index in [0.717, 1.165) is 73.1 Å². The van der Waals surface area contributed by atoms with Gasteiger partial charge in [0, 0.05) is 108 Å². The smallest absolute Gasteiger partial charge is 0.299 e. The third-order valence-corrected chi connectivity index (χ3v) is 26.1. The lowest BCUT2D eigenvalue weighted by Crippen LogP contribution is -2.37. The normalized spacial score (nSPS) is 16.9. The fraction of sp³-hybridized carbons (Fsp3) is 0.803. The van der Waals surface area contributed by atoms with E-state index in [2.05, 4.69) is 56.6 Å². The lowest BCUT2D eigenvalue weighted by molar-refractivity contribution is 0.373. The van der Waals surface area contributed by atoms with E-state index in [4.69, 9.17) is 16.5 Å². The molecule has 4 atom stereocenters. The molecule has 0 aromatic heterocycles. The number of hydrogen-bond donors (Lipinski definition) is 3. The first-order valence-corrected chi connectivity index (χ1v) is 44.1. The Kier molecular flexibility index (Phi) is 60.4. The summed E-state index contributed by atoms with van der Waals surface area (Å²) in [5.74, 6) is 7.79. The van der Waals surface area contributed by atoms with Gasteiger partial charge in [-0.1, -0.05) is 184 Å². The van der Waals surface area contributed by atoms with Gasteiger partial charge in [0.05, 0.1) is 4.90 Å².